The largest absolute Gasteiger partial charge is 0.396 e. The number of aliphatic hydroxyl groups is 1. The highest BCUT2D eigenvalue weighted by Gasteiger charge is 2.24. The molecular formula is C14H24ClN3O. The van der Waals surface area contributed by atoms with Crippen molar-refractivity contribution in [3.63, 3.8) is 0 Å². The Hall–Kier alpha value is -0.580. The van der Waals surface area contributed by atoms with Crippen LogP contribution in [0.15, 0.2) is 0 Å². The molecule has 1 aromatic rings. The highest BCUT2D eigenvalue weighted by molar-refractivity contribution is 6.31. The van der Waals surface area contributed by atoms with Gasteiger partial charge in [-0.2, -0.15) is 5.10 Å². The van der Waals surface area contributed by atoms with Crippen LogP contribution >= 0.6 is 11.6 Å². The summed E-state index contributed by atoms with van der Waals surface area (Å²) in [5, 5.41) is 18.2. The van der Waals surface area contributed by atoms with Crippen LogP contribution in [0.5, 0.6) is 0 Å². The zero-order chi connectivity index (χ0) is 13.8. The average molecular weight is 286 g/mol. The van der Waals surface area contributed by atoms with E-state index in [9.17, 15) is 5.11 Å². The Morgan fingerprint density at radius 1 is 1.42 bits per heavy atom. The smallest absolute Gasteiger partial charge is 0.0863 e. The van der Waals surface area contributed by atoms with Gasteiger partial charge in [-0.05, 0) is 25.2 Å². The summed E-state index contributed by atoms with van der Waals surface area (Å²) in [6.45, 7) is 3.06. The number of aromatic nitrogens is 2. The normalized spacial score (nSPS) is 23.8. The van der Waals surface area contributed by atoms with Crippen molar-refractivity contribution in [2.75, 3.05) is 6.61 Å². The molecule has 0 aliphatic heterocycles. The molecule has 108 valence electrons. The van der Waals surface area contributed by atoms with Gasteiger partial charge in [-0.15, -0.1) is 0 Å². The Kier molecular flexibility index (Phi) is 5.25. The molecule has 1 saturated carbocycles. The quantitative estimate of drug-likeness (QED) is 0.873. The van der Waals surface area contributed by atoms with Crippen LogP contribution in [0.2, 0.25) is 5.02 Å². The first-order valence-corrected chi connectivity index (χ1v) is 7.59. The number of halogens is 1. The van der Waals surface area contributed by atoms with Gasteiger partial charge in [0.25, 0.3) is 0 Å². The van der Waals surface area contributed by atoms with E-state index in [1.807, 2.05) is 11.7 Å². The summed E-state index contributed by atoms with van der Waals surface area (Å²) < 4.78 is 1.87. The lowest BCUT2D eigenvalue weighted by atomic mass is 9.85. The minimum absolute atomic E-state index is 0.275. The predicted molar refractivity (Wildman–Crippen MR) is 77.3 cm³/mol. The fourth-order valence-corrected chi connectivity index (χ4v) is 3.30. The highest BCUT2D eigenvalue weighted by atomic mass is 35.5. The average Bonchev–Trinajstić information content (AvgIpc) is 2.71. The maximum absolute atomic E-state index is 9.43. The second kappa shape index (κ2) is 6.73. The Bertz CT molecular complexity index is 419. The van der Waals surface area contributed by atoms with E-state index < -0.39 is 0 Å². The van der Waals surface area contributed by atoms with Crippen LogP contribution in [0, 0.1) is 5.92 Å². The first-order chi connectivity index (χ1) is 9.17. The van der Waals surface area contributed by atoms with E-state index in [0.717, 1.165) is 42.2 Å². The molecule has 0 radical (unpaired) electrons. The van der Waals surface area contributed by atoms with Gasteiger partial charge >= 0.3 is 0 Å². The molecule has 2 rings (SSSR count). The Morgan fingerprint density at radius 3 is 2.79 bits per heavy atom. The molecule has 1 aromatic heterocycles. The number of hydrogen-bond acceptors (Lipinski definition) is 3. The maximum Gasteiger partial charge on any atom is 0.0863 e. The molecule has 2 N–H and O–H groups in total. The van der Waals surface area contributed by atoms with Gasteiger partial charge in [0.1, 0.15) is 0 Å². The molecule has 1 aliphatic rings. The van der Waals surface area contributed by atoms with E-state index in [0.29, 0.717) is 12.0 Å². The fourth-order valence-electron chi connectivity index (χ4n) is 2.93. The fraction of sp³-hybridized carbons (Fsp3) is 0.786. The van der Waals surface area contributed by atoms with Crippen molar-refractivity contribution in [2.24, 2.45) is 13.0 Å². The van der Waals surface area contributed by atoms with Crippen molar-refractivity contribution in [1.82, 2.24) is 15.1 Å². The van der Waals surface area contributed by atoms with Crippen molar-refractivity contribution in [2.45, 2.75) is 51.6 Å². The third-order valence-electron chi connectivity index (χ3n) is 4.18. The molecule has 1 fully saturated rings. The van der Waals surface area contributed by atoms with Crippen LogP contribution in [0.3, 0.4) is 0 Å². The lowest BCUT2D eigenvalue weighted by Gasteiger charge is -2.31. The van der Waals surface area contributed by atoms with Crippen molar-refractivity contribution >= 4 is 11.6 Å². The van der Waals surface area contributed by atoms with Gasteiger partial charge in [-0.3, -0.25) is 4.68 Å². The highest BCUT2D eigenvalue weighted by Crippen LogP contribution is 2.25. The van der Waals surface area contributed by atoms with E-state index in [1.54, 1.807) is 0 Å². The molecule has 19 heavy (non-hydrogen) atoms. The lowest BCUT2D eigenvalue weighted by Crippen LogP contribution is -2.40. The van der Waals surface area contributed by atoms with Crippen LogP contribution in [-0.2, 0) is 20.0 Å². The number of nitrogens with zero attached hydrogens (tertiary/aromatic N) is 2. The summed E-state index contributed by atoms with van der Waals surface area (Å²) in [5.74, 6) is 0.381. The van der Waals surface area contributed by atoms with Crippen LogP contribution in [0.1, 0.15) is 44.0 Å². The van der Waals surface area contributed by atoms with Crippen LogP contribution in [0.4, 0.5) is 0 Å². The van der Waals surface area contributed by atoms with E-state index in [4.69, 9.17) is 11.6 Å². The number of nitrogens with one attached hydrogen (secondary N) is 1. The number of rotatable bonds is 5. The summed E-state index contributed by atoms with van der Waals surface area (Å²) >= 11 is 6.34. The molecular weight excluding hydrogens is 262 g/mol. The SMILES string of the molecule is CCc1nn(C)c(CNC2CCCCC2CO)c1Cl. The Labute approximate surface area is 120 Å². The van der Waals surface area contributed by atoms with Gasteiger partial charge in [0.2, 0.25) is 0 Å². The summed E-state index contributed by atoms with van der Waals surface area (Å²) in [7, 11) is 1.94. The van der Waals surface area contributed by atoms with E-state index in [2.05, 4.69) is 17.3 Å². The monoisotopic (exact) mass is 285 g/mol. The number of aryl methyl sites for hydroxylation is 2. The molecule has 2 unspecified atom stereocenters. The number of aliphatic hydroxyl groups excluding tert-OH is 1. The van der Waals surface area contributed by atoms with Gasteiger partial charge in [0.05, 0.1) is 16.4 Å². The van der Waals surface area contributed by atoms with Crippen molar-refractivity contribution in [3.8, 4) is 0 Å². The molecule has 0 bridgehead atoms. The first-order valence-electron chi connectivity index (χ1n) is 7.21. The third-order valence-corrected chi connectivity index (χ3v) is 4.61. The number of hydrogen-bond donors (Lipinski definition) is 2. The Morgan fingerprint density at radius 2 is 2.16 bits per heavy atom. The summed E-state index contributed by atoms with van der Waals surface area (Å²) in [5.41, 5.74) is 2.00. The standard InChI is InChI=1S/C14H24ClN3O/c1-3-11-14(15)13(18(2)17-11)8-16-12-7-5-4-6-10(12)9-19/h10,12,16,19H,3-9H2,1-2H3. The van der Waals surface area contributed by atoms with Gasteiger partial charge in [0.15, 0.2) is 0 Å². The molecule has 0 saturated heterocycles. The van der Waals surface area contributed by atoms with Crippen LogP contribution in [-0.4, -0.2) is 27.5 Å². The zero-order valence-corrected chi connectivity index (χ0v) is 12.6. The Balaban J connectivity index is 1.99. The first kappa shape index (κ1) is 14.8. The molecule has 0 amide bonds. The summed E-state index contributed by atoms with van der Waals surface area (Å²) in [4.78, 5) is 0. The summed E-state index contributed by atoms with van der Waals surface area (Å²) in [6.07, 6.45) is 5.59. The minimum Gasteiger partial charge on any atom is -0.396 e. The zero-order valence-electron chi connectivity index (χ0n) is 11.8. The van der Waals surface area contributed by atoms with Crippen LogP contribution in [0.25, 0.3) is 0 Å². The second-order valence-corrected chi connectivity index (χ2v) is 5.78. The molecule has 0 aromatic carbocycles. The summed E-state index contributed by atoms with van der Waals surface area (Å²) in [6, 6.07) is 0.398. The minimum atomic E-state index is 0.275. The molecule has 1 aliphatic carbocycles. The second-order valence-electron chi connectivity index (χ2n) is 5.40. The van der Waals surface area contributed by atoms with Crippen molar-refractivity contribution in [1.29, 1.82) is 0 Å². The maximum atomic E-state index is 9.43. The molecule has 5 heteroatoms. The van der Waals surface area contributed by atoms with Gasteiger partial charge in [-0.1, -0.05) is 31.4 Å². The van der Waals surface area contributed by atoms with E-state index >= 15 is 0 Å². The van der Waals surface area contributed by atoms with Gasteiger partial charge in [-0.25, -0.2) is 0 Å². The van der Waals surface area contributed by atoms with E-state index in [1.165, 1.54) is 12.8 Å². The van der Waals surface area contributed by atoms with Crippen LogP contribution < -0.4 is 5.32 Å². The molecule has 2 atom stereocenters. The topological polar surface area (TPSA) is 50.1 Å². The van der Waals surface area contributed by atoms with E-state index in [-0.39, 0.29) is 6.61 Å². The van der Waals surface area contributed by atoms with Crippen molar-refractivity contribution in [3.05, 3.63) is 16.4 Å². The molecule has 4 nitrogen and oxygen atoms in total. The lowest BCUT2D eigenvalue weighted by molar-refractivity contribution is 0.152. The molecule has 0 spiro atoms. The van der Waals surface area contributed by atoms with Crippen molar-refractivity contribution < 1.29 is 5.11 Å². The predicted octanol–water partition coefficient (Wildman–Crippen LogP) is 2.28. The van der Waals surface area contributed by atoms with Gasteiger partial charge < -0.3 is 10.4 Å². The molecule has 1 heterocycles. The van der Waals surface area contributed by atoms with Gasteiger partial charge in [0, 0.05) is 26.2 Å². The third kappa shape index (κ3) is 3.30.